The number of para-hydroxylation sites is 1. The molecule has 0 heterocycles. The molecule has 0 aliphatic heterocycles. The zero-order valence-electron chi connectivity index (χ0n) is 16.6. The molecule has 0 spiro atoms. The SMILES string of the molecule is CCCCN(Cc1ccc(OS(C)(=O)=O)cc1)C(=O)Nc1ccccc1CC. The van der Waals surface area contributed by atoms with E-state index in [2.05, 4.69) is 19.2 Å². The van der Waals surface area contributed by atoms with Gasteiger partial charge in [-0.3, -0.25) is 0 Å². The van der Waals surface area contributed by atoms with Gasteiger partial charge in [0.05, 0.1) is 6.26 Å². The molecule has 28 heavy (non-hydrogen) atoms. The standard InChI is InChI=1S/C21H28N2O4S/c1-4-6-15-23(21(24)22-20-10-8-7-9-18(20)5-2)16-17-11-13-19(14-12-17)27-28(3,25)26/h7-14H,4-6,15-16H2,1-3H3,(H,22,24). The molecule has 1 N–H and O–H groups in total. The maximum absolute atomic E-state index is 12.9. The molecule has 0 saturated heterocycles. The second kappa shape index (κ2) is 10.1. The third kappa shape index (κ3) is 6.88. The van der Waals surface area contributed by atoms with Gasteiger partial charge in [0.1, 0.15) is 5.75 Å². The number of carbonyl (C=O) groups excluding carboxylic acids is 1. The molecule has 0 aromatic heterocycles. The lowest BCUT2D eigenvalue weighted by atomic mass is 10.1. The summed E-state index contributed by atoms with van der Waals surface area (Å²) in [4.78, 5) is 14.6. The van der Waals surface area contributed by atoms with Crippen molar-refractivity contribution in [2.24, 2.45) is 0 Å². The summed E-state index contributed by atoms with van der Waals surface area (Å²) in [6.45, 7) is 5.21. The predicted octanol–water partition coefficient (Wildman–Crippen LogP) is 4.42. The molecule has 0 aliphatic rings. The molecular weight excluding hydrogens is 376 g/mol. The molecule has 2 aromatic rings. The predicted molar refractivity (Wildman–Crippen MR) is 112 cm³/mol. The van der Waals surface area contributed by atoms with Gasteiger partial charge in [-0.1, -0.05) is 50.6 Å². The fraction of sp³-hybridized carbons (Fsp3) is 0.381. The Balaban J connectivity index is 2.11. The number of anilines is 1. The minimum Gasteiger partial charge on any atom is -0.383 e. The maximum Gasteiger partial charge on any atom is 0.322 e. The van der Waals surface area contributed by atoms with Crippen LogP contribution in [0.2, 0.25) is 0 Å². The van der Waals surface area contributed by atoms with E-state index in [-0.39, 0.29) is 11.8 Å². The summed E-state index contributed by atoms with van der Waals surface area (Å²) in [5.74, 6) is 0.257. The summed E-state index contributed by atoms with van der Waals surface area (Å²) in [7, 11) is -3.55. The molecule has 0 saturated carbocycles. The molecule has 2 amide bonds. The Kier molecular flexibility index (Phi) is 7.87. The van der Waals surface area contributed by atoms with Crippen LogP contribution in [0.3, 0.4) is 0 Å². The average molecular weight is 405 g/mol. The van der Waals surface area contributed by atoms with Gasteiger partial charge in [0, 0.05) is 18.8 Å². The highest BCUT2D eigenvalue weighted by molar-refractivity contribution is 7.86. The molecule has 152 valence electrons. The van der Waals surface area contributed by atoms with Gasteiger partial charge in [-0.25, -0.2) is 4.79 Å². The molecule has 0 fully saturated rings. The number of rotatable bonds is 9. The Labute approximate surface area is 167 Å². The number of carbonyl (C=O) groups is 1. The summed E-state index contributed by atoms with van der Waals surface area (Å²) in [5, 5.41) is 3.02. The zero-order valence-corrected chi connectivity index (χ0v) is 17.5. The summed E-state index contributed by atoms with van der Waals surface area (Å²) in [6.07, 6.45) is 3.73. The van der Waals surface area contributed by atoms with Gasteiger partial charge in [0.2, 0.25) is 0 Å². The van der Waals surface area contributed by atoms with Gasteiger partial charge in [-0.05, 0) is 42.2 Å². The smallest absolute Gasteiger partial charge is 0.322 e. The lowest BCUT2D eigenvalue weighted by molar-refractivity contribution is 0.208. The monoisotopic (exact) mass is 404 g/mol. The van der Waals surface area contributed by atoms with Crippen LogP contribution < -0.4 is 9.50 Å². The second-order valence-electron chi connectivity index (χ2n) is 6.65. The van der Waals surface area contributed by atoms with Crippen LogP contribution in [-0.2, 0) is 23.1 Å². The molecule has 0 atom stereocenters. The van der Waals surface area contributed by atoms with Crippen molar-refractivity contribution in [1.82, 2.24) is 4.90 Å². The van der Waals surface area contributed by atoms with E-state index in [0.717, 1.165) is 42.3 Å². The molecule has 0 radical (unpaired) electrons. The fourth-order valence-corrected chi connectivity index (χ4v) is 3.25. The van der Waals surface area contributed by atoms with Gasteiger partial charge >= 0.3 is 16.1 Å². The summed E-state index contributed by atoms with van der Waals surface area (Å²) in [5.41, 5.74) is 2.82. The van der Waals surface area contributed by atoms with Crippen molar-refractivity contribution in [3.63, 3.8) is 0 Å². The van der Waals surface area contributed by atoms with Crippen molar-refractivity contribution >= 4 is 21.8 Å². The highest BCUT2D eigenvalue weighted by atomic mass is 32.2. The average Bonchev–Trinajstić information content (AvgIpc) is 2.65. The number of amides is 2. The number of benzene rings is 2. The van der Waals surface area contributed by atoms with Crippen LogP contribution in [0, 0.1) is 0 Å². The maximum atomic E-state index is 12.9. The van der Waals surface area contributed by atoms with E-state index in [0.29, 0.717) is 13.1 Å². The number of unbranched alkanes of at least 4 members (excludes halogenated alkanes) is 1. The molecule has 6 nitrogen and oxygen atoms in total. The molecular formula is C21H28N2O4S. The van der Waals surface area contributed by atoms with Crippen molar-refractivity contribution in [3.8, 4) is 5.75 Å². The summed E-state index contributed by atoms with van der Waals surface area (Å²) >= 11 is 0. The van der Waals surface area contributed by atoms with E-state index in [1.807, 2.05) is 24.3 Å². The van der Waals surface area contributed by atoms with Crippen LogP contribution in [0.15, 0.2) is 48.5 Å². The summed E-state index contributed by atoms with van der Waals surface area (Å²) < 4.78 is 27.3. The molecule has 2 rings (SSSR count). The van der Waals surface area contributed by atoms with Crippen molar-refractivity contribution in [2.45, 2.75) is 39.7 Å². The van der Waals surface area contributed by atoms with Gasteiger partial charge in [-0.2, -0.15) is 8.42 Å². The number of hydrogen-bond acceptors (Lipinski definition) is 4. The van der Waals surface area contributed by atoms with E-state index < -0.39 is 10.1 Å². The lowest BCUT2D eigenvalue weighted by Crippen LogP contribution is -2.35. The fourth-order valence-electron chi connectivity index (χ4n) is 2.79. The van der Waals surface area contributed by atoms with E-state index in [1.165, 1.54) is 0 Å². The van der Waals surface area contributed by atoms with Crippen molar-refractivity contribution in [1.29, 1.82) is 0 Å². The van der Waals surface area contributed by atoms with Gasteiger partial charge in [0.15, 0.2) is 0 Å². The van der Waals surface area contributed by atoms with Crippen LogP contribution in [0.25, 0.3) is 0 Å². The normalized spacial score (nSPS) is 11.1. The first-order valence-electron chi connectivity index (χ1n) is 9.44. The Bertz CT molecular complexity index is 880. The molecule has 7 heteroatoms. The summed E-state index contributed by atoms with van der Waals surface area (Å²) in [6, 6.07) is 14.4. The molecule has 0 unspecified atom stereocenters. The number of nitrogens with zero attached hydrogens (tertiary/aromatic N) is 1. The zero-order chi connectivity index (χ0) is 20.6. The minimum absolute atomic E-state index is 0.147. The second-order valence-corrected chi connectivity index (χ2v) is 8.22. The highest BCUT2D eigenvalue weighted by Gasteiger charge is 2.15. The van der Waals surface area contributed by atoms with Crippen LogP contribution in [0.1, 0.15) is 37.8 Å². The number of urea groups is 1. The van der Waals surface area contributed by atoms with Crippen LogP contribution in [0.4, 0.5) is 10.5 Å². The third-order valence-corrected chi connectivity index (χ3v) is 4.75. The number of hydrogen-bond donors (Lipinski definition) is 1. The number of aryl methyl sites for hydroxylation is 1. The van der Waals surface area contributed by atoms with Gasteiger partial charge < -0.3 is 14.4 Å². The van der Waals surface area contributed by atoms with E-state index >= 15 is 0 Å². The van der Waals surface area contributed by atoms with Gasteiger partial charge in [-0.15, -0.1) is 0 Å². The van der Waals surface area contributed by atoms with Crippen LogP contribution in [-0.4, -0.2) is 32.1 Å². The van der Waals surface area contributed by atoms with Crippen molar-refractivity contribution in [2.75, 3.05) is 18.1 Å². The van der Waals surface area contributed by atoms with Crippen LogP contribution in [0.5, 0.6) is 5.75 Å². The Morgan fingerprint density at radius 1 is 1.07 bits per heavy atom. The van der Waals surface area contributed by atoms with Gasteiger partial charge in [0.25, 0.3) is 0 Å². The topological polar surface area (TPSA) is 75.7 Å². The third-order valence-electron chi connectivity index (χ3n) is 4.25. The number of nitrogens with one attached hydrogen (secondary N) is 1. The van der Waals surface area contributed by atoms with Crippen molar-refractivity contribution < 1.29 is 17.4 Å². The minimum atomic E-state index is -3.55. The van der Waals surface area contributed by atoms with Crippen LogP contribution >= 0.6 is 0 Å². The van der Waals surface area contributed by atoms with E-state index in [4.69, 9.17) is 4.18 Å². The Morgan fingerprint density at radius 2 is 1.75 bits per heavy atom. The highest BCUT2D eigenvalue weighted by Crippen LogP contribution is 2.18. The molecule has 0 aliphatic carbocycles. The quantitative estimate of drug-likeness (QED) is 0.628. The first kappa shape index (κ1) is 21.8. The first-order chi connectivity index (χ1) is 13.3. The Hall–Kier alpha value is -2.54. The molecule has 0 bridgehead atoms. The lowest BCUT2D eigenvalue weighted by Gasteiger charge is -2.24. The molecule has 2 aromatic carbocycles. The Morgan fingerprint density at radius 3 is 2.36 bits per heavy atom. The van der Waals surface area contributed by atoms with Crippen molar-refractivity contribution in [3.05, 3.63) is 59.7 Å². The van der Waals surface area contributed by atoms with E-state index in [9.17, 15) is 13.2 Å². The largest absolute Gasteiger partial charge is 0.383 e. The first-order valence-corrected chi connectivity index (χ1v) is 11.3. The van der Waals surface area contributed by atoms with E-state index in [1.54, 1.807) is 29.2 Å².